The van der Waals surface area contributed by atoms with E-state index in [9.17, 15) is 0 Å². The second-order valence-corrected chi connectivity index (χ2v) is 9.89. The first kappa shape index (κ1) is 34.6. The molecule has 0 bridgehead atoms. The zero-order valence-electron chi connectivity index (χ0n) is 22.8. The van der Waals surface area contributed by atoms with Crippen molar-refractivity contribution in [2.24, 2.45) is 5.92 Å². The predicted molar refractivity (Wildman–Crippen MR) is 140 cm³/mol. The van der Waals surface area contributed by atoms with Crippen LogP contribution in [0.25, 0.3) is 0 Å². The number of hydrogen-bond acceptors (Lipinski definition) is 6. The maximum atomic E-state index is 5.84. The van der Waals surface area contributed by atoms with Gasteiger partial charge < -0.3 is 27.5 Å². The highest BCUT2D eigenvalue weighted by Gasteiger charge is 2.40. The predicted octanol–water partition coefficient (Wildman–Crippen LogP) is 7.06. The van der Waals surface area contributed by atoms with Crippen molar-refractivity contribution in [3.8, 4) is 0 Å². The monoisotopic (exact) mass is 490 g/mol. The molecule has 0 N–H and O–H groups in total. The molecular weight excluding hydrogens is 436 g/mol. The summed E-state index contributed by atoms with van der Waals surface area (Å²) >= 11 is 0. The number of hydrogen-bond donors (Lipinski definition) is 0. The van der Waals surface area contributed by atoms with Crippen molar-refractivity contribution in [2.75, 3.05) is 39.6 Å². The van der Waals surface area contributed by atoms with E-state index in [0.29, 0.717) is 39.6 Å². The van der Waals surface area contributed by atoms with Crippen LogP contribution in [0.15, 0.2) is 24.9 Å². The quantitative estimate of drug-likeness (QED) is 0.0700. The third-order valence-corrected chi connectivity index (χ3v) is 7.50. The van der Waals surface area contributed by atoms with E-state index in [1.165, 1.54) is 32.1 Å². The van der Waals surface area contributed by atoms with Crippen molar-refractivity contribution in [2.45, 2.75) is 99.4 Å². The maximum absolute atomic E-state index is 5.84. The number of unbranched alkanes of at least 4 members (excludes halogenated alkanes) is 5. The molecule has 0 aromatic rings. The topological polar surface area (TPSA) is 55.4 Å². The summed E-state index contributed by atoms with van der Waals surface area (Å²) in [5, 5.41) is 0. The SMILES string of the molecule is C=CC(CCCCCCCC)C(OCC)(OCC)OCC.C=C[Si](OCC)(OCC)OCC. The zero-order valence-corrected chi connectivity index (χ0v) is 23.8. The fourth-order valence-electron chi connectivity index (χ4n) is 3.54. The molecule has 0 amide bonds. The molecule has 0 aromatic carbocycles. The van der Waals surface area contributed by atoms with Crippen LogP contribution in [-0.4, -0.2) is 54.4 Å². The minimum atomic E-state index is -2.51. The van der Waals surface area contributed by atoms with Crippen LogP contribution in [0.2, 0.25) is 0 Å². The Hall–Kier alpha value is -0.543. The van der Waals surface area contributed by atoms with Crippen molar-refractivity contribution < 1.29 is 27.5 Å². The fourth-order valence-corrected chi connectivity index (χ4v) is 5.35. The van der Waals surface area contributed by atoms with E-state index in [-0.39, 0.29) is 5.92 Å². The van der Waals surface area contributed by atoms with Crippen LogP contribution in [0.4, 0.5) is 0 Å². The molecule has 1 atom stereocenters. The molecule has 0 radical (unpaired) electrons. The third-order valence-electron chi connectivity index (χ3n) is 4.93. The Kier molecular flexibility index (Phi) is 24.4. The van der Waals surface area contributed by atoms with Crippen molar-refractivity contribution in [3.63, 3.8) is 0 Å². The summed E-state index contributed by atoms with van der Waals surface area (Å²) in [7, 11) is -2.51. The average molecular weight is 491 g/mol. The van der Waals surface area contributed by atoms with Gasteiger partial charge in [-0.3, -0.25) is 0 Å². The molecular formula is C26H54O6Si. The molecule has 6 nitrogen and oxygen atoms in total. The van der Waals surface area contributed by atoms with Gasteiger partial charge in [0.1, 0.15) is 0 Å². The summed E-state index contributed by atoms with van der Waals surface area (Å²) in [6, 6.07) is 0. The van der Waals surface area contributed by atoms with Gasteiger partial charge in [-0.2, -0.15) is 0 Å². The Bertz CT molecular complexity index is 412. The molecule has 0 fully saturated rings. The molecule has 198 valence electrons. The van der Waals surface area contributed by atoms with Gasteiger partial charge in [-0.15, -0.1) is 6.58 Å². The first-order valence-electron chi connectivity index (χ1n) is 13.0. The molecule has 7 heteroatoms. The summed E-state index contributed by atoms with van der Waals surface area (Å²) in [5.74, 6) is -0.882. The van der Waals surface area contributed by atoms with Gasteiger partial charge in [-0.05, 0) is 53.7 Å². The molecule has 0 saturated heterocycles. The van der Waals surface area contributed by atoms with Crippen LogP contribution in [0.3, 0.4) is 0 Å². The van der Waals surface area contributed by atoms with Gasteiger partial charge in [0, 0.05) is 39.6 Å². The Balaban J connectivity index is 0. The van der Waals surface area contributed by atoms with E-state index in [4.69, 9.17) is 27.5 Å². The van der Waals surface area contributed by atoms with Gasteiger partial charge in [-0.1, -0.05) is 58.1 Å². The van der Waals surface area contributed by atoms with Crippen LogP contribution in [-0.2, 0) is 27.5 Å². The highest BCUT2D eigenvalue weighted by molar-refractivity contribution is 6.66. The van der Waals surface area contributed by atoms with Gasteiger partial charge in [0.05, 0.1) is 5.92 Å². The third kappa shape index (κ3) is 15.1. The molecule has 0 spiro atoms. The minimum absolute atomic E-state index is 0.0727. The lowest BCUT2D eigenvalue weighted by molar-refractivity contribution is -0.395. The maximum Gasteiger partial charge on any atom is 0.528 e. The van der Waals surface area contributed by atoms with E-state index in [0.717, 1.165) is 12.8 Å². The Morgan fingerprint density at radius 2 is 1.06 bits per heavy atom. The van der Waals surface area contributed by atoms with Crippen molar-refractivity contribution >= 4 is 8.80 Å². The fraction of sp³-hybridized carbons (Fsp3) is 0.846. The van der Waals surface area contributed by atoms with E-state index in [1.807, 2.05) is 47.6 Å². The number of ether oxygens (including phenoxy) is 3. The first-order chi connectivity index (χ1) is 15.9. The summed E-state index contributed by atoms with van der Waals surface area (Å²) in [6.45, 7) is 25.0. The molecule has 0 rings (SSSR count). The molecule has 1 unspecified atom stereocenters. The van der Waals surface area contributed by atoms with Crippen LogP contribution < -0.4 is 0 Å². The Morgan fingerprint density at radius 1 is 0.636 bits per heavy atom. The summed E-state index contributed by atoms with van der Waals surface area (Å²) < 4.78 is 33.8. The highest BCUT2D eigenvalue weighted by atomic mass is 28.4. The van der Waals surface area contributed by atoms with Crippen LogP contribution in [0.1, 0.15) is 93.4 Å². The summed E-state index contributed by atoms with van der Waals surface area (Å²) in [5.41, 5.74) is 1.67. The molecule has 0 aromatic heterocycles. The molecule has 33 heavy (non-hydrogen) atoms. The average Bonchev–Trinajstić information content (AvgIpc) is 2.80. The second-order valence-electron chi connectivity index (χ2n) is 7.41. The summed E-state index contributed by atoms with van der Waals surface area (Å²) in [6.07, 6.45) is 10.6. The van der Waals surface area contributed by atoms with E-state index in [2.05, 4.69) is 20.1 Å². The van der Waals surface area contributed by atoms with Crippen molar-refractivity contribution in [1.29, 1.82) is 0 Å². The van der Waals surface area contributed by atoms with Gasteiger partial charge in [-0.25, -0.2) is 0 Å². The molecule has 0 aliphatic carbocycles. The molecule has 0 aliphatic heterocycles. The number of rotatable bonds is 22. The van der Waals surface area contributed by atoms with Gasteiger partial charge in [0.25, 0.3) is 5.97 Å². The van der Waals surface area contributed by atoms with Crippen LogP contribution >= 0.6 is 0 Å². The largest absolute Gasteiger partial charge is 0.528 e. The zero-order chi connectivity index (χ0) is 25.4. The van der Waals surface area contributed by atoms with Crippen LogP contribution in [0.5, 0.6) is 0 Å². The van der Waals surface area contributed by atoms with E-state index < -0.39 is 14.8 Å². The molecule has 0 aliphatic rings. The Morgan fingerprint density at radius 3 is 1.39 bits per heavy atom. The lowest BCUT2D eigenvalue weighted by atomic mass is 9.97. The molecule has 0 heterocycles. The second kappa shape index (κ2) is 23.2. The van der Waals surface area contributed by atoms with Crippen molar-refractivity contribution in [1.82, 2.24) is 0 Å². The van der Waals surface area contributed by atoms with Gasteiger partial charge in [0.2, 0.25) is 0 Å². The van der Waals surface area contributed by atoms with Gasteiger partial charge >= 0.3 is 8.80 Å². The minimum Gasteiger partial charge on any atom is -0.371 e. The van der Waals surface area contributed by atoms with Crippen LogP contribution in [0, 0.1) is 5.92 Å². The lowest BCUT2D eigenvalue weighted by Gasteiger charge is -2.37. The first-order valence-corrected chi connectivity index (χ1v) is 14.8. The standard InChI is InChI=1S/C18H36O3.C8H18O3Si/c1-6-11-12-13-14-15-16-17(7-2)18(19-8-3,20-9-4)21-10-5;1-5-9-12(8-4,10-6-2)11-7-3/h7,17H,2,6,8-16H2,1,3-5H3;8H,4-7H2,1-3H3. The van der Waals surface area contributed by atoms with E-state index in [1.54, 1.807) is 5.70 Å². The normalized spacial score (nSPS) is 12.7. The molecule has 0 saturated carbocycles. The smallest absolute Gasteiger partial charge is 0.371 e. The lowest BCUT2D eigenvalue weighted by Crippen LogP contribution is -2.46. The van der Waals surface area contributed by atoms with E-state index >= 15 is 0 Å². The van der Waals surface area contributed by atoms with Gasteiger partial charge in [0.15, 0.2) is 0 Å². The summed E-state index contributed by atoms with van der Waals surface area (Å²) in [4.78, 5) is 0. The Labute approximate surface area is 206 Å². The van der Waals surface area contributed by atoms with Crippen molar-refractivity contribution in [3.05, 3.63) is 24.9 Å². The highest BCUT2D eigenvalue weighted by Crippen LogP contribution is 2.31.